The third-order valence-corrected chi connectivity index (χ3v) is 4.12. The van der Waals surface area contributed by atoms with E-state index in [2.05, 4.69) is 15.4 Å². The van der Waals surface area contributed by atoms with E-state index in [1.807, 2.05) is 0 Å². The Kier molecular flexibility index (Phi) is 9.05. The summed E-state index contributed by atoms with van der Waals surface area (Å²) in [4.78, 5) is 51.1. The molecule has 0 bridgehead atoms. The second kappa shape index (κ2) is 10.8. The van der Waals surface area contributed by atoms with Crippen LogP contribution >= 0.6 is 0 Å². The molecule has 1 aromatic rings. The highest BCUT2D eigenvalue weighted by Gasteiger charge is 2.38. The summed E-state index contributed by atoms with van der Waals surface area (Å²) in [6.45, 7) is 9.50. The SMILES string of the molecule is COC(=O)CNC(=O)C(c1ccc(O)cc1)N(C(=O)CNC(=O)OC(C)(C)C)C(C)(C)C. The lowest BCUT2D eigenvalue weighted by Gasteiger charge is -2.41. The molecule has 1 aromatic carbocycles. The number of nitrogens with zero attached hydrogens (tertiary/aromatic N) is 1. The summed E-state index contributed by atoms with van der Waals surface area (Å²) in [6.07, 6.45) is -0.768. The fourth-order valence-corrected chi connectivity index (χ4v) is 2.85. The molecule has 0 heterocycles. The van der Waals surface area contributed by atoms with Gasteiger partial charge in [-0.15, -0.1) is 0 Å². The van der Waals surface area contributed by atoms with Crippen LogP contribution in [0, 0.1) is 0 Å². The highest BCUT2D eigenvalue weighted by molar-refractivity contribution is 5.92. The molecule has 0 aliphatic carbocycles. The van der Waals surface area contributed by atoms with E-state index in [9.17, 15) is 24.3 Å². The van der Waals surface area contributed by atoms with Crippen LogP contribution in [0.4, 0.5) is 4.79 Å². The predicted molar refractivity (Wildman–Crippen MR) is 117 cm³/mol. The minimum absolute atomic E-state index is 0.0114. The second-order valence-electron chi connectivity index (χ2n) is 9.08. The molecule has 10 nitrogen and oxygen atoms in total. The highest BCUT2D eigenvalue weighted by Crippen LogP contribution is 2.30. The van der Waals surface area contributed by atoms with Crippen molar-refractivity contribution in [1.29, 1.82) is 0 Å². The number of alkyl carbamates (subject to hydrolysis) is 1. The van der Waals surface area contributed by atoms with Crippen molar-refractivity contribution in [3.05, 3.63) is 29.8 Å². The van der Waals surface area contributed by atoms with Crippen molar-refractivity contribution in [3.8, 4) is 5.75 Å². The third-order valence-electron chi connectivity index (χ3n) is 4.12. The van der Waals surface area contributed by atoms with Gasteiger partial charge in [0.15, 0.2) is 0 Å². The number of esters is 1. The van der Waals surface area contributed by atoms with Crippen molar-refractivity contribution in [2.45, 2.75) is 58.7 Å². The van der Waals surface area contributed by atoms with Crippen LogP contribution in [-0.4, -0.2) is 65.2 Å². The van der Waals surface area contributed by atoms with Crippen LogP contribution in [0.1, 0.15) is 53.1 Å². The lowest BCUT2D eigenvalue weighted by atomic mass is 9.96. The van der Waals surface area contributed by atoms with Gasteiger partial charge in [-0.25, -0.2) is 4.79 Å². The highest BCUT2D eigenvalue weighted by atomic mass is 16.6. The topological polar surface area (TPSA) is 134 Å². The van der Waals surface area contributed by atoms with E-state index in [0.29, 0.717) is 5.56 Å². The molecule has 0 aromatic heterocycles. The monoisotopic (exact) mass is 451 g/mol. The smallest absolute Gasteiger partial charge is 0.408 e. The first-order valence-electron chi connectivity index (χ1n) is 10.1. The number of carbonyl (C=O) groups is 4. The third kappa shape index (κ3) is 8.44. The van der Waals surface area contributed by atoms with E-state index in [0.717, 1.165) is 0 Å². The number of ether oxygens (including phenoxy) is 2. The standard InChI is InChI=1S/C22H33N3O7/c1-21(2,3)25(16(27)12-24-20(30)32-22(4,5)6)18(14-8-10-15(26)11-9-14)19(29)23-13-17(28)31-7/h8-11,18,26H,12-13H2,1-7H3,(H,23,29)(H,24,30). The number of phenols is 1. The number of methoxy groups -OCH3 is 1. The number of rotatable bonds is 7. The van der Waals surface area contributed by atoms with Gasteiger partial charge in [-0.2, -0.15) is 0 Å². The minimum Gasteiger partial charge on any atom is -0.508 e. The van der Waals surface area contributed by atoms with Gasteiger partial charge in [0, 0.05) is 5.54 Å². The number of nitrogens with one attached hydrogen (secondary N) is 2. The zero-order valence-electron chi connectivity index (χ0n) is 19.6. The van der Waals surface area contributed by atoms with E-state index in [-0.39, 0.29) is 12.3 Å². The summed E-state index contributed by atoms with van der Waals surface area (Å²) in [6, 6.07) is 4.64. The first-order chi connectivity index (χ1) is 14.7. The number of hydrogen-bond donors (Lipinski definition) is 3. The van der Waals surface area contributed by atoms with E-state index < -0.39 is 47.6 Å². The molecule has 3 N–H and O–H groups in total. The Bertz CT molecular complexity index is 823. The maximum Gasteiger partial charge on any atom is 0.408 e. The summed E-state index contributed by atoms with van der Waals surface area (Å²) in [5.74, 6) is -1.83. The maximum atomic E-state index is 13.2. The fourth-order valence-electron chi connectivity index (χ4n) is 2.85. The van der Waals surface area contributed by atoms with Crippen LogP contribution in [0.5, 0.6) is 5.75 Å². The van der Waals surface area contributed by atoms with Crippen LogP contribution in [-0.2, 0) is 23.9 Å². The Morgan fingerprint density at radius 2 is 1.53 bits per heavy atom. The van der Waals surface area contributed by atoms with Crippen molar-refractivity contribution in [2.75, 3.05) is 20.2 Å². The second-order valence-corrected chi connectivity index (χ2v) is 9.08. The summed E-state index contributed by atoms with van der Waals surface area (Å²) < 4.78 is 9.71. The zero-order chi connectivity index (χ0) is 24.7. The minimum atomic E-state index is -1.15. The predicted octanol–water partition coefficient (Wildman–Crippen LogP) is 1.87. The molecule has 10 heteroatoms. The van der Waals surface area contributed by atoms with Gasteiger partial charge in [0.2, 0.25) is 11.8 Å². The van der Waals surface area contributed by atoms with Crippen LogP contribution in [0.15, 0.2) is 24.3 Å². The Balaban J connectivity index is 3.24. The van der Waals surface area contributed by atoms with Gasteiger partial charge in [-0.1, -0.05) is 12.1 Å². The lowest BCUT2D eigenvalue weighted by Crippen LogP contribution is -2.55. The fraction of sp³-hybridized carbons (Fsp3) is 0.545. The molecular weight excluding hydrogens is 418 g/mol. The van der Waals surface area contributed by atoms with Gasteiger partial charge in [-0.3, -0.25) is 14.4 Å². The van der Waals surface area contributed by atoms with Gasteiger partial charge >= 0.3 is 12.1 Å². The van der Waals surface area contributed by atoms with Gasteiger partial charge < -0.3 is 30.1 Å². The van der Waals surface area contributed by atoms with Crippen LogP contribution in [0.3, 0.4) is 0 Å². The number of carbonyl (C=O) groups excluding carboxylic acids is 4. The van der Waals surface area contributed by atoms with Crippen molar-refractivity contribution >= 4 is 23.9 Å². The summed E-state index contributed by atoms with van der Waals surface area (Å²) in [5, 5.41) is 14.5. The largest absolute Gasteiger partial charge is 0.508 e. The quantitative estimate of drug-likeness (QED) is 0.539. The van der Waals surface area contributed by atoms with Crippen molar-refractivity contribution in [3.63, 3.8) is 0 Å². The first kappa shape index (κ1) is 26.7. The summed E-state index contributed by atoms with van der Waals surface area (Å²) in [5.41, 5.74) is -1.18. The number of phenolic OH excluding ortho intramolecular Hbond substituents is 1. The van der Waals surface area contributed by atoms with E-state index >= 15 is 0 Å². The first-order valence-corrected chi connectivity index (χ1v) is 10.1. The van der Waals surface area contributed by atoms with Crippen molar-refractivity contribution in [1.82, 2.24) is 15.5 Å². The average molecular weight is 452 g/mol. The molecule has 32 heavy (non-hydrogen) atoms. The number of amides is 3. The van der Waals surface area contributed by atoms with E-state index in [1.165, 1.54) is 36.3 Å². The van der Waals surface area contributed by atoms with Crippen molar-refractivity contribution in [2.24, 2.45) is 0 Å². The van der Waals surface area contributed by atoms with Crippen LogP contribution in [0.2, 0.25) is 0 Å². The maximum absolute atomic E-state index is 13.2. The Hall–Kier alpha value is -3.30. The molecule has 0 aliphatic rings. The lowest BCUT2D eigenvalue weighted by molar-refractivity contribution is -0.147. The zero-order valence-corrected chi connectivity index (χ0v) is 19.6. The average Bonchev–Trinajstić information content (AvgIpc) is 2.66. The van der Waals surface area contributed by atoms with Crippen LogP contribution < -0.4 is 10.6 Å². The normalized spacial score (nSPS) is 12.3. The summed E-state index contributed by atoms with van der Waals surface area (Å²) in [7, 11) is 1.19. The molecule has 1 atom stereocenters. The van der Waals surface area contributed by atoms with Crippen molar-refractivity contribution < 1.29 is 33.8 Å². The molecular formula is C22H33N3O7. The van der Waals surface area contributed by atoms with E-state index in [4.69, 9.17) is 4.74 Å². The van der Waals surface area contributed by atoms with Gasteiger partial charge in [0.05, 0.1) is 7.11 Å². The Labute approximate surface area is 188 Å². The van der Waals surface area contributed by atoms with Gasteiger partial charge in [0.25, 0.3) is 0 Å². The molecule has 3 amide bonds. The van der Waals surface area contributed by atoms with Gasteiger partial charge in [0.1, 0.15) is 30.5 Å². The number of benzene rings is 1. The molecule has 0 saturated carbocycles. The van der Waals surface area contributed by atoms with Crippen LogP contribution in [0.25, 0.3) is 0 Å². The Morgan fingerprint density at radius 1 is 0.969 bits per heavy atom. The summed E-state index contributed by atoms with van der Waals surface area (Å²) >= 11 is 0. The van der Waals surface area contributed by atoms with Gasteiger partial charge in [-0.05, 0) is 59.2 Å². The molecule has 1 unspecified atom stereocenters. The molecule has 0 radical (unpaired) electrons. The molecule has 0 saturated heterocycles. The molecule has 0 fully saturated rings. The Morgan fingerprint density at radius 3 is 2.00 bits per heavy atom. The molecule has 0 aliphatic heterocycles. The number of aromatic hydroxyl groups is 1. The number of hydrogen-bond acceptors (Lipinski definition) is 7. The van der Waals surface area contributed by atoms with E-state index in [1.54, 1.807) is 41.5 Å². The molecule has 1 rings (SSSR count). The molecule has 178 valence electrons. The molecule has 0 spiro atoms.